The smallest absolute Gasteiger partial charge is 0.254 e. The van der Waals surface area contributed by atoms with Crippen molar-refractivity contribution in [3.63, 3.8) is 0 Å². The molecule has 2 heterocycles. The summed E-state index contributed by atoms with van der Waals surface area (Å²) in [5.41, 5.74) is 6.01. The summed E-state index contributed by atoms with van der Waals surface area (Å²) in [6.45, 7) is 8.64. The molecule has 0 radical (unpaired) electrons. The van der Waals surface area contributed by atoms with Crippen molar-refractivity contribution in [3.05, 3.63) is 23.7 Å². The molecule has 1 saturated heterocycles. The molecule has 1 aliphatic rings. The molecular weight excluding hydrogens is 341 g/mol. The van der Waals surface area contributed by atoms with Gasteiger partial charge in [0, 0.05) is 25.7 Å². The van der Waals surface area contributed by atoms with E-state index in [-0.39, 0.29) is 30.7 Å². The third-order valence-electron chi connectivity index (χ3n) is 3.87. The van der Waals surface area contributed by atoms with Crippen LogP contribution < -0.4 is 11.1 Å². The molecule has 134 valence electrons. The van der Waals surface area contributed by atoms with Crippen LogP contribution in [0.3, 0.4) is 0 Å². The van der Waals surface area contributed by atoms with Crippen LogP contribution in [0.25, 0.3) is 0 Å². The summed E-state index contributed by atoms with van der Waals surface area (Å²) in [5, 5.41) is 2.99. The molecule has 0 aliphatic carbocycles. The predicted molar refractivity (Wildman–Crippen MR) is 94.4 cm³/mol. The van der Waals surface area contributed by atoms with E-state index in [2.05, 4.69) is 24.1 Å². The lowest BCUT2D eigenvalue weighted by Gasteiger charge is -2.36. The summed E-state index contributed by atoms with van der Waals surface area (Å²) in [4.78, 5) is 14.5. The van der Waals surface area contributed by atoms with Crippen LogP contribution in [0, 0.1) is 5.92 Å². The first kappa shape index (κ1) is 22.2. The van der Waals surface area contributed by atoms with Gasteiger partial charge in [-0.05, 0) is 12.0 Å². The number of morpholine rings is 1. The van der Waals surface area contributed by atoms with E-state index < -0.39 is 0 Å². The Bertz CT molecular complexity index is 463. The Hall–Kier alpha value is -0.790. The number of furan rings is 1. The zero-order valence-corrected chi connectivity index (χ0v) is 15.3. The molecular formula is C15H27Cl2N3O3. The van der Waals surface area contributed by atoms with Crippen LogP contribution >= 0.6 is 24.8 Å². The van der Waals surface area contributed by atoms with Gasteiger partial charge in [0.25, 0.3) is 5.91 Å². The number of hydrogen-bond acceptors (Lipinski definition) is 5. The molecule has 1 aromatic heterocycles. The Morgan fingerprint density at radius 1 is 1.35 bits per heavy atom. The Labute approximate surface area is 149 Å². The predicted octanol–water partition coefficient (Wildman–Crippen LogP) is 1.67. The molecule has 0 aromatic carbocycles. The van der Waals surface area contributed by atoms with Crippen LogP contribution in [-0.2, 0) is 11.3 Å². The average Bonchev–Trinajstić information content (AvgIpc) is 2.97. The number of nitrogens with two attached hydrogens (primary N) is 1. The first-order chi connectivity index (χ1) is 10.1. The number of rotatable bonds is 6. The molecule has 1 aliphatic heterocycles. The van der Waals surface area contributed by atoms with Crippen LogP contribution in [0.15, 0.2) is 16.7 Å². The number of hydrogen-bond donors (Lipinski definition) is 2. The Kier molecular flexibility index (Phi) is 10.5. The summed E-state index contributed by atoms with van der Waals surface area (Å²) in [6.07, 6.45) is 1.46. The van der Waals surface area contributed by atoms with Crippen LogP contribution in [-0.4, -0.2) is 49.7 Å². The summed E-state index contributed by atoms with van der Waals surface area (Å²) in [5.74, 6) is 0.971. The van der Waals surface area contributed by atoms with Gasteiger partial charge in [-0.2, -0.15) is 0 Å². The van der Waals surface area contributed by atoms with E-state index in [1.54, 1.807) is 6.07 Å². The Morgan fingerprint density at radius 3 is 2.52 bits per heavy atom. The highest BCUT2D eigenvalue weighted by Crippen LogP contribution is 2.13. The minimum atomic E-state index is -0.114. The van der Waals surface area contributed by atoms with Gasteiger partial charge < -0.3 is 20.2 Å². The minimum absolute atomic E-state index is 0. The Morgan fingerprint density at radius 2 is 2.00 bits per heavy atom. The molecule has 1 atom stereocenters. The van der Waals surface area contributed by atoms with Gasteiger partial charge in [-0.1, -0.05) is 13.8 Å². The molecule has 0 bridgehead atoms. The molecule has 6 nitrogen and oxygen atoms in total. The van der Waals surface area contributed by atoms with Gasteiger partial charge in [-0.15, -0.1) is 24.8 Å². The summed E-state index contributed by atoms with van der Waals surface area (Å²) in [6, 6.07) is 2.01. The maximum Gasteiger partial charge on any atom is 0.254 e. The largest absolute Gasteiger partial charge is 0.467 e. The maximum absolute atomic E-state index is 12.1. The van der Waals surface area contributed by atoms with E-state index in [0.717, 1.165) is 26.3 Å². The van der Waals surface area contributed by atoms with E-state index in [4.69, 9.17) is 14.9 Å². The molecule has 0 saturated carbocycles. The van der Waals surface area contributed by atoms with Gasteiger partial charge in [0.05, 0.1) is 25.3 Å². The van der Waals surface area contributed by atoms with Crippen molar-refractivity contribution < 1.29 is 13.9 Å². The number of halogens is 2. The summed E-state index contributed by atoms with van der Waals surface area (Å²) >= 11 is 0. The van der Waals surface area contributed by atoms with Gasteiger partial charge in [-0.3, -0.25) is 9.69 Å². The fraction of sp³-hybridized carbons (Fsp3) is 0.667. The summed E-state index contributed by atoms with van der Waals surface area (Å²) < 4.78 is 10.6. The third kappa shape index (κ3) is 6.31. The lowest BCUT2D eigenvalue weighted by Crippen LogP contribution is -2.51. The quantitative estimate of drug-likeness (QED) is 0.799. The van der Waals surface area contributed by atoms with E-state index >= 15 is 0 Å². The van der Waals surface area contributed by atoms with Crippen molar-refractivity contribution in [3.8, 4) is 0 Å². The molecule has 2 rings (SSSR count). The first-order valence-electron chi connectivity index (χ1n) is 7.49. The number of carbonyl (C=O) groups is 1. The van der Waals surface area contributed by atoms with Crippen molar-refractivity contribution >= 4 is 30.7 Å². The second-order valence-corrected chi connectivity index (χ2v) is 5.68. The first-order valence-corrected chi connectivity index (χ1v) is 7.49. The molecule has 3 N–H and O–H groups in total. The minimum Gasteiger partial charge on any atom is -0.467 e. The lowest BCUT2D eigenvalue weighted by atomic mass is 10.0. The van der Waals surface area contributed by atoms with E-state index in [1.165, 1.54) is 6.26 Å². The lowest BCUT2D eigenvalue weighted by molar-refractivity contribution is 0.00672. The monoisotopic (exact) mass is 367 g/mol. The highest BCUT2D eigenvalue weighted by molar-refractivity contribution is 5.93. The zero-order chi connectivity index (χ0) is 15.2. The Balaban J connectivity index is 0.00000242. The van der Waals surface area contributed by atoms with Crippen molar-refractivity contribution in [2.24, 2.45) is 11.7 Å². The number of carbonyl (C=O) groups excluding carboxylic acids is 1. The van der Waals surface area contributed by atoms with Crippen LogP contribution in [0.4, 0.5) is 0 Å². The van der Waals surface area contributed by atoms with Crippen LogP contribution in [0.1, 0.15) is 30.0 Å². The van der Waals surface area contributed by atoms with Gasteiger partial charge in [0.1, 0.15) is 12.0 Å². The number of nitrogens with one attached hydrogen (secondary N) is 1. The maximum atomic E-state index is 12.1. The molecule has 8 heteroatoms. The molecule has 0 spiro atoms. The molecule has 1 fully saturated rings. The van der Waals surface area contributed by atoms with Crippen molar-refractivity contribution in [2.75, 3.05) is 32.8 Å². The third-order valence-corrected chi connectivity index (χ3v) is 3.87. The number of nitrogens with zero attached hydrogens (tertiary/aromatic N) is 1. The van der Waals surface area contributed by atoms with Crippen molar-refractivity contribution in [2.45, 2.75) is 26.4 Å². The van der Waals surface area contributed by atoms with Crippen molar-refractivity contribution in [1.29, 1.82) is 0 Å². The zero-order valence-electron chi connectivity index (χ0n) is 13.6. The van der Waals surface area contributed by atoms with Gasteiger partial charge in [0.2, 0.25) is 0 Å². The fourth-order valence-electron chi connectivity index (χ4n) is 2.60. The highest BCUT2D eigenvalue weighted by atomic mass is 35.5. The number of ether oxygens (including phenoxy) is 1. The normalized spacial score (nSPS) is 16.3. The average molecular weight is 368 g/mol. The molecule has 1 aromatic rings. The van der Waals surface area contributed by atoms with Crippen LogP contribution in [0.2, 0.25) is 0 Å². The second-order valence-electron chi connectivity index (χ2n) is 5.68. The van der Waals surface area contributed by atoms with Crippen molar-refractivity contribution in [1.82, 2.24) is 10.2 Å². The van der Waals surface area contributed by atoms with Gasteiger partial charge in [0.15, 0.2) is 0 Å². The van der Waals surface area contributed by atoms with Crippen LogP contribution in [0.5, 0.6) is 0 Å². The highest BCUT2D eigenvalue weighted by Gasteiger charge is 2.24. The standard InChI is InChI=1S/C15H25N3O3.2ClH/c1-11(2)14(18-3-5-20-6-4-18)9-17-15(19)12-7-13(8-16)21-10-12;;/h7,10-11,14H,3-6,8-9,16H2,1-2H3,(H,17,19);2*1H. The molecule has 23 heavy (non-hydrogen) atoms. The molecule has 1 amide bonds. The van der Waals surface area contributed by atoms with E-state index in [9.17, 15) is 4.79 Å². The summed E-state index contributed by atoms with van der Waals surface area (Å²) in [7, 11) is 0. The van der Waals surface area contributed by atoms with E-state index in [1.807, 2.05) is 0 Å². The topological polar surface area (TPSA) is 80.7 Å². The van der Waals surface area contributed by atoms with E-state index in [0.29, 0.717) is 36.4 Å². The SMILES string of the molecule is CC(C)C(CNC(=O)c1coc(CN)c1)N1CCOCC1.Cl.Cl. The van der Waals surface area contributed by atoms with Gasteiger partial charge >= 0.3 is 0 Å². The van der Waals surface area contributed by atoms with Gasteiger partial charge in [-0.25, -0.2) is 0 Å². The second kappa shape index (κ2) is 10.9. The number of amides is 1. The molecule has 1 unspecified atom stereocenters. The fourth-order valence-corrected chi connectivity index (χ4v) is 2.60.